The lowest BCUT2D eigenvalue weighted by Gasteiger charge is -2.04. The highest BCUT2D eigenvalue weighted by molar-refractivity contribution is 6.29. The molecular formula is C12H13ClN4. The van der Waals surface area contributed by atoms with Gasteiger partial charge in [-0.3, -0.25) is 0 Å². The van der Waals surface area contributed by atoms with Gasteiger partial charge in [0, 0.05) is 25.1 Å². The topological polar surface area (TPSA) is 50.7 Å². The summed E-state index contributed by atoms with van der Waals surface area (Å²) in [5.41, 5.74) is 2.19. The van der Waals surface area contributed by atoms with Gasteiger partial charge in [-0.05, 0) is 30.5 Å². The molecule has 4 nitrogen and oxygen atoms in total. The number of anilines is 1. The van der Waals surface area contributed by atoms with Crippen LogP contribution >= 0.6 is 11.6 Å². The van der Waals surface area contributed by atoms with Crippen molar-refractivity contribution in [3.63, 3.8) is 0 Å². The van der Waals surface area contributed by atoms with Crippen LogP contribution in [0.2, 0.25) is 5.15 Å². The van der Waals surface area contributed by atoms with Crippen molar-refractivity contribution >= 4 is 17.5 Å². The van der Waals surface area contributed by atoms with Gasteiger partial charge < -0.3 is 5.32 Å². The van der Waals surface area contributed by atoms with Crippen molar-refractivity contribution in [2.75, 3.05) is 11.9 Å². The molecule has 0 amide bonds. The Hall–Kier alpha value is -1.68. The Morgan fingerprint density at radius 3 is 2.53 bits per heavy atom. The number of nitrogens with zero attached hydrogens (tertiary/aromatic N) is 3. The number of aryl methyl sites for hydroxylation is 1. The molecule has 0 aliphatic heterocycles. The van der Waals surface area contributed by atoms with Crippen molar-refractivity contribution in [3.8, 4) is 0 Å². The smallest absolute Gasteiger partial charge is 0.222 e. The van der Waals surface area contributed by atoms with Gasteiger partial charge in [0.15, 0.2) is 0 Å². The van der Waals surface area contributed by atoms with Crippen LogP contribution in [0, 0.1) is 6.92 Å². The number of aromatic nitrogens is 3. The fourth-order valence-corrected chi connectivity index (χ4v) is 1.47. The molecule has 0 fully saturated rings. The highest BCUT2D eigenvalue weighted by Crippen LogP contribution is 2.06. The summed E-state index contributed by atoms with van der Waals surface area (Å²) >= 11 is 5.71. The molecule has 0 aliphatic carbocycles. The summed E-state index contributed by atoms with van der Waals surface area (Å²) in [6, 6.07) is 3.76. The van der Waals surface area contributed by atoms with E-state index < -0.39 is 0 Å². The van der Waals surface area contributed by atoms with Crippen LogP contribution in [0.15, 0.2) is 30.7 Å². The summed E-state index contributed by atoms with van der Waals surface area (Å²) < 4.78 is 0. The lowest BCUT2D eigenvalue weighted by atomic mass is 10.2. The summed E-state index contributed by atoms with van der Waals surface area (Å²) in [7, 11) is 0. The van der Waals surface area contributed by atoms with Gasteiger partial charge in [-0.15, -0.1) is 0 Å². The first kappa shape index (κ1) is 11.8. The summed E-state index contributed by atoms with van der Waals surface area (Å²) in [6.07, 6.45) is 6.22. The first-order chi connectivity index (χ1) is 8.24. The first-order valence-electron chi connectivity index (χ1n) is 5.37. The summed E-state index contributed by atoms with van der Waals surface area (Å²) in [5.74, 6) is 0.650. The third-order valence-corrected chi connectivity index (χ3v) is 2.49. The Kier molecular flexibility index (Phi) is 3.88. The molecule has 17 heavy (non-hydrogen) atoms. The van der Waals surface area contributed by atoms with E-state index >= 15 is 0 Å². The molecule has 1 N–H and O–H groups in total. The number of halogens is 1. The molecule has 2 heterocycles. The van der Waals surface area contributed by atoms with Gasteiger partial charge in [0.2, 0.25) is 5.95 Å². The molecule has 0 spiro atoms. The molecule has 0 radical (unpaired) electrons. The molecule has 0 unspecified atom stereocenters. The molecule has 0 saturated heterocycles. The molecule has 0 saturated carbocycles. The minimum atomic E-state index is 0.517. The molecule has 0 aliphatic rings. The Labute approximate surface area is 105 Å². The minimum Gasteiger partial charge on any atom is -0.354 e. The monoisotopic (exact) mass is 248 g/mol. The van der Waals surface area contributed by atoms with E-state index in [9.17, 15) is 0 Å². The zero-order valence-corrected chi connectivity index (χ0v) is 10.3. The van der Waals surface area contributed by atoms with Crippen molar-refractivity contribution < 1.29 is 0 Å². The van der Waals surface area contributed by atoms with Gasteiger partial charge in [-0.2, -0.15) is 0 Å². The van der Waals surface area contributed by atoms with Crippen LogP contribution < -0.4 is 5.32 Å². The van der Waals surface area contributed by atoms with Gasteiger partial charge in [0.05, 0.1) is 0 Å². The lowest BCUT2D eigenvalue weighted by molar-refractivity contribution is 0.971. The number of rotatable bonds is 4. The minimum absolute atomic E-state index is 0.517. The zero-order valence-electron chi connectivity index (χ0n) is 9.52. The number of hydrogen-bond donors (Lipinski definition) is 1. The highest BCUT2D eigenvalue weighted by Gasteiger charge is 1.97. The predicted molar refractivity (Wildman–Crippen MR) is 68.2 cm³/mol. The van der Waals surface area contributed by atoms with Crippen molar-refractivity contribution in [2.45, 2.75) is 13.3 Å². The van der Waals surface area contributed by atoms with Crippen LogP contribution in [0.5, 0.6) is 0 Å². The van der Waals surface area contributed by atoms with Crippen LogP contribution in [0.1, 0.15) is 11.1 Å². The maximum atomic E-state index is 5.71. The second kappa shape index (κ2) is 5.59. The van der Waals surface area contributed by atoms with E-state index in [-0.39, 0.29) is 0 Å². The van der Waals surface area contributed by atoms with Gasteiger partial charge in [0.25, 0.3) is 0 Å². The standard InChI is InChI=1S/C12H13ClN4/c1-9-6-16-12(17-7-9)14-5-4-10-2-3-11(13)15-8-10/h2-3,6-8H,4-5H2,1H3,(H,14,16,17). The average Bonchev–Trinajstić information content (AvgIpc) is 2.34. The van der Waals surface area contributed by atoms with E-state index in [0.717, 1.165) is 24.1 Å². The molecule has 0 bridgehead atoms. The van der Waals surface area contributed by atoms with Crippen molar-refractivity contribution in [1.29, 1.82) is 0 Å². The van der Waals surface area contributed by atoms with Gasteiger partial charge >= 0.3 is 0 Å². The SMILES string of the molecule is Cc1cnc(NCCc2ccc(Cl)nc2)nc1. The largest absolute Gasteiger partial charge is 0.354 e. The van der Waals surface area contributed by atoms with Gasteiger partial charge in [-0.1, -0.05) is 17.7 Å². The quantitative estimate of drug-likeness (QED) is 0.845. The predicted octanol–water partition coefficient (Wildman–Crippen LogP) is 2.49. The normalized spacial score (nSPS) is 10.2. The molecular weight excluding hydrogens is 236 g/mol. The van der Waals surface area contributed by atoms with E-state index in [1.54, 1.807) is 24.7 Å². The molecule has 2 aromatic rings. The molecule has 2 rings (SSSR count). The van der Waals surface area contributed by atoms with Crippen LogP contribution in [-0.2, 0) is 6.42 Å². The lowest BCUT2D eigenvalue weighted by Crippen LogP contribution is -2.07. The van der Waals surface area contributed by atoms with Crippen molar-refractivity contribution in [3.05, 3.63) is 47.0 Å². The number of pyridine rings is 1. The van der Waals surface area contributed by atoms with Crippen molar-refractivity contribution in [1.82, 2.24) is 15.0 Å². The van der Waals surface area contributed by atoms with Crippen LogP contribution in [0.3, 0.4) is 0 Å². The summed E-state index contributed by atoms with van der Waals surface area (Å²) in [4.78, 5) is 12.4. The van der Waals surface area contributed by atoms with E-state index in [4.69, 9.17) is 11.6 Å². The number of hydrogen-bond acceptors (Lipinski definition) is 4. The van der Waals surface area contributed by atoms with E-state index in [1.807, 2.05) is 13.0 Å². The maximum Gasteiger partial charge on any atom is 0.222 e. The van der Waals surface area contributed by atoms with Crippen LogP contribution in [-0.4, -0.2) is 21.5 Å². The average molecular weight is 249 g/mol. The Morgan fingerprint density at radius 1 is 1.12 bits per heavy atom. The summed E-state index contributed by atoms with van der Waals surface area (Å²) in [6.45, 7) is 2.73. The van der Waals surface area contributed by atoms with Crippen LogP contribution in [0.25, 0.3) is 0 Å². The number of nitrogens with one attached hydrogen (secondary N) is 1. The first-order valence-corrected chi connectivity index (χ1v) is 5.75. The fraction of sp³-hybridized carbons (Fsp3) is 0.250. The van der Waals surface area contributed by atoms with Crippen molar-refractivity contribution in [2.24, 2.45) is 0 Å². The maximum absolute atomic E-state index is 5.71. The highest BCUT2D eigenvalue weighted by atomic mass is 35.5. The molecule has 88 valence electrons. The Balaban J connectivity index is 1.83. The second-order valence-electron chi connectivity index (χ2n) is 3.75. The zero-order chi connectivity index (χ0) is 12.1. The second-order valence-corrected chi connectivity index (χ2v) is 4.14. The van der Waals surface area contributed by atoms with E-state index in [1.165, 1.54) is 0 Å². The Bertz CT molecular complexity index is 421. The van der Waals surface area contributed by atoms with Crippen LogP contribution in [0.4, 0.5) is 5.95 Å². The fourth-order valence-electron chi connectivity index (χ4n) is 1.36. The molecule has 2 aromatic heterocycles. The third kappa shape index (κ3) is 3.67. The van der Waals surface area contributed by atoms with Gasteiger partial charge in [0.1, 0.15) is 5.15 Å². The van der Waals surface area contributed by atoms with E-state index in [0.29, 0.717) is 11.1 Å². The summed E-state index contributed by atoms with van der Waals surface area (Å²) in [5, 5.41) is 3.67. The third-order valence-electron chi connectivity index (χ3n) is 2.27. The Morgan fingerprint density at radius 2 is 1.88 bits per heavy atom. The van der Waals surface area contributed by atoms with Gasteiger partial charge in [-0.25, -0.2) is 15.0 Å². The van der Waals surface area contributed by atoms with E-state index in [2.05, 4.69) is 20.3 Å². The molecule has 5 heteroatoms. The molecule has 0 atom stereocenters. The molecule has 0 aromatic carbocycles.